The second kappa shape index (κ2) is 5.93. The molecular weight excluding hydrogens is 340 g/mol. The lowest BCUT2D eigenvalue weighted by atomic mass is 10.1. The highest BCUT2D eigenvalue weighted by molar-refractivity contribution is 9.10. The molecule has 0 atom stereocenters. The van der Waals surface area contributed by atoms with E-state index in [1.165, 1.54) is 13.0 Å². The fourth-order valence-electron chi connectivity index (χ4n) is 2.11. The van der Waals surface area contributed by atoms with Crippen LogP contribution in [0.3, 0.4) is 0 Å². The number of carbonyl (C=O) groups is 1. The van der Waals surface area contributed by atoms with Crippen molar-refractivity contribution in [2.45, 2.75) is 20.8 Å². The molecule has 2 rings (SSSR count). The summed E-state index contributed by atoms with van der Waals surface area (Å²) in [6, 6.07) is 6.09. The molecule has 2 aromatic rings. The minimum Gasteiger partial charge on any atom is -0.321 e. The lowest BCUT2D eigenvalue weighted by molar-refractivity contribution is 0.101. The molecule has 0 aliphatic carbocycles. The van der Waals surface area contributed by atoms with Crippen molar-refractivity contribution in [2.24, 2.45) is 0 Å². The van der Waals surface area contributed by atoms with Gasteiger partial charge in [-0.3, -0.25) is 4.79 Å². The second-order valence-electron chi connectivity index (χ2n) is 4.95. The van der Waals surface area contributed by atoms with E-state index in [9.17, 15) is 13.6 Å². The highest BCUT2D eigenvalue weighted by Crippen LogP contribution is 2.29. The first-order valence-corrected chi connectivity index (χ1v) is 7.13. The van der Waals surface area contributed by atoms with Gasteiger partial charge in [-0.2, -0.15) is 0 Å². The highest BCUT2D eigenvalue weighted by atomic mass is 79.9. The molecule has 0 aliphatic rings. The quantitative estimate of drug-likeness (QED) is 0.816. The number of hydrogen-bond donors (Lipinski definition) is 1. The van der Waals surface area contributed by atoms with Gasteiger partial charge in [-0.25, -0.2) is 8.78 Å². The Balaban J connectivity index is 2.42. The zero-order valence-electron chi connectivity index (χ0n) is 11.9. The van der Waals surface area contributed by atoms with Crippen LogP contribution in [-0.4, -0.2) is 5.91 Å². The SMILES string of the molecule is Cc1cc(C)c(NC(=O)c2c(F)ccc(C)c2F)c(Br)c1. The molecule has 0 heterocycles. The molecular formula is C16H14BrF2NO. The Kier molecular flexibility index (Phi) is 4.42. The van der Waals surface area contributed by atoms with E-state index in [2.05, 4.69) is 21.2 Å². The van der Waals surface area contributed by atoms with Gasteiger partial charge in [0, 0.05) is 4.47 Å². The van der Waals surface area contributed by atoms with E-state index in [1.54, 1.807) is 0 Å². The smallest absolute Gasteiger partial charge is 0.261 e. The van der Waals surface area contributed by atoms with Crippen molar-refractivity contribution in [3.05, 3.63) is 62.6 Å². The number of rotatable bonds is 2. The zero-order valence-corrected chi connectivity index (χ0v) is 13.4. The minimum atomic E-state index is -0.878. The first kappa shape index (κ1) is 15.6. The number of amides is 1. The molecule has 0 aromatic heterocycles. The Hall–Kier alpha value is -1.75. The Morgan fingerprint density at radius 2 is 1.76 bits per heavy atom. The van der Waals surface area contributed by atoms with Crippen LogP contribution < -0.4 is 5.32 Å². The Morgan fingerprint density at radius 3 is 2.38 bits per heavy atom. The number of benzene rings is 2. The van der Waals surface area contributed by atoms with Crippen molar-refractivity contribution in [2.75, 3.05) is 5.32 Å². The fourth-order valence-corrected chi connectivity index (χ4v) is 2.89. The van der Waals surface area contributed by atoms with Gasteiger partial charge in [-0.05, 0) is 65.5 Å². The summed E-state index contributed by atoms with van der Waals surface area (Å²) in [4.78, 5) is 12.2. The topological polar surface area (TPSA) is 29.1 Å². The van der Waals surface area contributed by atoms with Gasteiger partial charge in [0.05, 0.1) is 5.69 Å². The number of halogens is 3. The second-order valence-corrected chi connectivity index (χ2v) is 5.80. The van der Waals surface area contributed by atoms with Gasteiger partial charge in [0.15, 0.2) is 0 Å². The molecule has 110 valence electrons. The molecule has 1 N–H and O–H groups in total. The first-order valence-electron chi connectivity index (χ1n) is 6.34. The van der Waals surface area contributed by atoms with Crippen LogP contribution in [0, 0.1) is 32.4 Å². The van der Waals surface area contributed by atoms with Gasteiger partial charge >= 0.3 is 0 Å². The molecule has 0 saturated carbocycles. The van der Waals surface area contributed by atoms with Crippen LogP contribution in [0.25, 0.3) is 0 Å². The molecule has 1 amide bonds. The van der Waals surface area contributed by atoms with E-state index in [0.717, 1.165) is 17.2 Å². The maximum atomic E-state index is 14.0. The average molecular weight is 354 g/mol. The van der Waals surface area contributed by atoms with Gasteiger partial charge in [-0.1, -0.05) is 12.1 Å². The average Bonchev–Trinajstić information content (AvgIpc) is 2.38. The van der Waals surface area contributed by atoms with E-state index < -0.39 is 23.1 Å². The monoisotopic (exact) mass is 353 g/mol. The number of nitrogens with one attached hydrogen (secondary N) is 1. The third-order valence-electron chi connectivity index (χ3n) is 3.18. The minimum absolute atomic E-state index is 0.223. The molecule has 0 spiro atoms. The van der Waals surface area contributed by atoms with Crippen molar-refractivity contribution in [3.8, 4) is 0 Å². The molecule has 0 radical (unpaired) electrons. The fraction of sp³-hybridized carbons (Fsp3) is 0.188. The Morgan fingerprint density at radius 1 is 1.10 bits per heavy atom. The number of anilines is 1. The maximum Gasteiger partial charge on any atom is 0.261 e. The van der Waals surface area contributed by atoms with Crippen LogP contribution in [-0.2, 0) is 0 Å². The van der Waals surface area contributed by atoms with Gasteiger partial charge in [0.1, 0.15) is 17.2 Å². The predicted octanol–water partition coefficient (Wildman–Crippen LogP) is 4.90. The third kappa shape index (κ3) is 3.13. The van der Waals surface area contributed by atoms with Crippen molar-refractivity contribution in [1.82, 2.24) is 0 Å². The van der Waals surface area contributed by atoms with E-state index in [1.807, 2.05) is 26.0 Å². The summed E-state index contributed by atoms with van der Waals surface area (Å²) in [5, 5.41) is 2.57. The zero-order chi connectivity index (χ0) is 15.7. The summed E-state index contributed by atoms with van der Waals surface area (Å²) in [6.07, 6.45) is 0. The van der Waals surface area contributed by atoms with Crippen LogP contribution >= 0.6 is 15.9 Å². The standard InChI is InChI=1S/C16H14BrF2NO/c1-8-6-10(3)15(11(17)7-8)20-16(21)13-12(18)5-4-9(2)14(13)19/h4-7H,1-3H3,(H,20,21). The van der Waals surface area contributed by atoms with Crippen LogP contribution in [0.5, 0.6) is 0 Å². The van der Waals surface area contributed by atoms with Gasteiger partial charge in [-0.15, -0.1) is 0 Å². The summed E-state index contributed by atoms with van der Waals surface area (Å²) in [5.74, 6) is -2.52. The van der Waals surface area contributed by atoms with Crippen LogP contribution in [0.4, 0.5) is 14.5 Å². The molecule has 0 bridgehead atoms. The number of aryl methyl sites for hydroxylation is 3. The molecule has 0 unspecified atom stereocenters. The first-order chi connectivity index (χ1) is 9.81. The molecule has 0 fully saturated rings. The molecule has 21 heavy (non-hydrogen) atoms. The highest BCUT2D eigenvalue weighted by Gasteiger charge is 2.20. The van der Waals surface area contributed by atoms with E-state index >= 15 is 0 Å². The predicted molar refractivity (Wildman–Crippen MR) is 82.7 cm³/mol. The summed E-state index contributed by atoms with van der Waals surface area (Å²) < 4.78 is 28.4. The van der Waals surface area contributed by atoms with E-state index in [0.29, 0.717) is 10.2 Å². The molecule has 5 heteroatoms. The van der Waals surface area contributed by atoms with Gasteiger partial charge in [0.25, 0.3) is 5.91 Å². The maximum absolute atomic E-state index is 14.0. The van der Waals surface area contributed by atoms with Gasteiger partial charge in [0.2, 0.25) is 0 Å². The summed E-state index contributed by atoms with van der Waals surface area (Å²) in [6.45, 7) is 5.22. The summed E-state index contributed by atoms with van der Waals surface area (Å²) in [7, 11) is 0. The summed E-state index contributed by atoms with van der Waals surface area (Å²) >= 11 is 3.35. The van der Waals surface area contributed by atoms with Crippen LogP contribution in [0.15, 0.2) is 28.7 Å². The Labute approximate surface area is 130 Å². The van der Waals surface area contributed by atoms with Crippen molar-refractivity contribution < 1.29 is 13.6 Å². The van der Waals surface area contributed by atoms with Crippen molar-refractivity contribution in [3.63, 3.8) is 0 Å². The Bertz CT molecular complexity index is 705. The molecule has 0 aliphatic heterocycles. The van der Waals surface area contributed by atoms with E-state index in [-0.39, 0.29) is 5.56 Å². The molecule has 2 nitrogen and oxygen atoms in total. The number of hydrogen-bond acceptors (Lipinski definition) is 1. The molecule has 2 aromatic carbocycles. The lowest BCUT2D eigenvalue weighted by Crippen LogP contribution is -2.17. The van der Waals surface area contributed by atoms with Crippen molar-refractivity contribution >= 4 is 27.5 Å². The van der Waals surface area contributed by atoms with E-state index in [4.69, 9.17) is 0 Å². The van der Waals surface area contributed by atoms with Crippen LogP contribution in [0.2, 0.25) is 0 Å². The third-order valence-corrected chi connectivity index (χ3v) is 3.81. The molecule has 0 saturated heterocycles. The summed E-state index contributed by atoms with van der Waals surface area (Å²) in [5.41, 5.74) is 1.99. The lowest BCUT2D eigenvalue weighted by Gasteiger charge is -2.13. The van der Waals surface area contributed by atoms with Crippen LogP contribution in [0.1, 0.15) is 27.0 Å². The van der Waals surface area contributed by atoms with Gasteiger partial charge < -0.3 is 5.32 Å². The number of carbonyl (C=O) groups excluding carboxylic acids is 1. The van der Waals surface area contributed by atoms with Crippen molar-refractivity contribution in [1.29, 1.82) is 0 Å². The largest absolute Gasteiger partial charge is 0.321 e. The normalized spacial score (nSPS) is 10.6.